The van der Waals surface area contributed by atoms with E-state index in [4.69, 9.17) is 9.97 Å². The zero-order chi connectivity index (χ0) is 22.5. The lowest BCUT2D eigenvalue weighted by molar-refractivity contribution is 0.0943. The number of carbonyl (C=O) groups excluding carboxylic acids is 1. The van der Waals surface area contributed by atoms with E-state index in [0.29, 0.717) is 18.8 Å². The average Bonchev–Trinajstić information content (AvgIpc) is 3.28. The standard InChI is InChI=1S/C26H28N6O.BrH/c33-26(22-12-3-4-14-27-22)29-16-7-17-32(18-24-30-20-10-1-2-11-21(20)31-24)23-13-5-8-19-9-6-15-28-25(19)23;/h1-4,6,9-12,14-15,23H,5,7-8,13,16-18H2,(H,29,33)(H,30,31);1H. The lowest BCUT2D eigenvalue weighted by Gasteiger charge is -2.34. The topological polar surface area (TPSA) is 86.8 Å². The molecule has 34 heavy (non-hydrogen) atoms. The Kier molecular flexibility index (Phi) is 8.03. The first-order valence-corrected chi connectivity index (χ1v) is 11.6. The number of H-pyrrole nitrogens is 1. The highest BCUT2D eigenvalue weighted by Gasteiger charge is 2.27. The molecule has 0 saturated heterocycles. The maximum atomic E-state index is 12.3. The zero-order valence-corrected chi connectivity index (χ0v) is 20.7. The van der Waals surface area contributed by atoms with Crippen molar-refractivity contribution < 1.29 is 4.79 Å². The Bertz CT molecular complexity index is 1200. The summed E-state index contributed by atoms with van der Waals surface area (Å²) in [4.78, 5) is 31.9. The molecule has 5 rings (SSSR count). The van der Waals surface area contributed by atoms with Crippen LogP contribution in [0.15, 0.2) is 67.0 Å². The van der Waals surface area contributed by atoms with E-state index < -0.39 is 0 Å². The number of hydrogen-bond acceptors (Lipinski definition) is 5. The van der Waals surface area contributed by atoms with Crippen molar-refractivity contribution in [3.63, 3.8) is 0 Å². The molecule has 3 aromatic heterocycles. The van der Waals surface area contributed by atoms with Crippen LogP contribution < -0.4 is 5.32 Å². The largest absolute Gasteiger partial charge is 0.351 e. The van der Waals surface area contributed by atoms with Gasteiger partial charge in [0.15, 0.2) is 0 Å². The molecule has 1 aromatic carbocycles. The second-order valence-corrected chi connectivity index (χ2v) is 8.45. The summed E-state index contributed by atoms with van der Waals surface area (Å²) >= 11 is 0. The first-order valence-electron chi connectivity index (χ1n) is 11.6. The molecule has 1 aliphatic carbocycles. The fourth-order valence-corrected chi connectivity index (χ4v) is 4.63. The Morgan fingerprint density at radius 3 is 2.76 bits per heavy atom. The van der Waals surface area contributed by atoms with Crippen LogP contribution in [0, 0.1) is 0 Å². The highest BCUT2D eigenvalue weighted by molar-refractivity contribution is 8.93. The summed E-state index contributed by atoms with van der Waals surface area (Å²) in [5.74, 6) is 0.820. The number of para-hydroxylation sites is 2. The number of pyridine rings is 2. The van der Waals surface area contributed by atoms with Crippen molar-refractivity contribution in [2.45, 2.75) is 38.3 Å². The number of benzene rings is 1. The molecule has 1 atom stereocenters. The first kappa shape index (κ1) is 24.0. The predicted molar refractivity (Wildman–Crippen MR) is 138 cm³/mol. The summed E-state index contributed by atoms with van der Waals surface area (Å²) in [5.41, 5.74) is 5.00. The summed E-state index contributed by atoms with van der Waals surface area (Å²) in [7, 11) is 0. The third-order valence-corrected chi connectivity index (χ3v) is 6.20. The van der Waals surface area contributed by atoms with Gasteiger partial charge in [0.25, 0.3) is 5.91 Å². The number of aromatic nitrogens is 4. The van der Waals surface area contributed by atoms with E-state index in [1.54, 1.807) is 12.3 Å². The van der Waals surface area contributed by atoms with Crippen LogP contribution in [-0.2, 0) is 13.0 Å². The summed E-state index contributed by atoms with van der Waals surface area (Å²) in [6, 6.07) is 17.9. The van der Waals surface area contributed by atoms with Gasteiger partial charge in [-0.3, -0.25) is 19.7 Å². The summed E-state index contributed by atoms with van der Waals surface area (Å²) in [6.07, 6.45) is 7.66. The molecule has 1 aliphatic rings. The monoisotopic (exact) mass is 520 g/mol. The molecule has 3 heterocycles. The van der Waals surface area contributed by atoms with Gasteiger partial charge in [0, 0.05) is 25.5 Å². The Morgan fingerprint density at radius 2 is 1.91 bits per heavy atom. The lowest BCUT2D eigenvalue weighted by atomic mass is 9.90. The number of halogens is 1. The maximum Gasteiger partial charge on any atom is 0.269 e. The van der Waals surface area contributed by atoms with Crippen LogP contribution in [0.25, 0.3) is 11.0 Å². The summed E-state index contributed by atoms with van der Waals surface area (Å²) in [5, 5.41) is 2.99. The minimum absolute atomic E-state index is 0. The van der Waals surface area contributed by atoms with Gasteiger partial charge in [-0.2, -0.15) is 0 Å². The van der Waals surface area contributed by atoms with Gasteiger partial charge >= 0.3 is 0 Å². The van der Waals surface area contributed by atoms with E-state index in [0.717, 1.165) is 49.1 Å². The second kappa shape index (κ2) is 11.4. The molecule has 2 N–H and O–H groups in total. The fraction of sp³-hybridized carbons (Fsp3) is 0.308. The molecule has 1 amide bonds. The van der Waals surface area contributed by atoms with Crippen molar-refractivity contribution in [1.29, 1.82) is 0 Å². The number of aryl methyl sites for hydroxylation is 1. The van der Waals surface area contributed by atoms with E-state index in [-0.39, 0.29) is 28.9 Å². The minimum atomic E-state index is -0.135. The number of nitrogens with zero attached hydrogens (tertiary/aromatic N) is 4. The molecular formula is C26H29BrN6O. The molecular weight excluding hydrogens is 492 g/mol. The molecule has 0 spiro atoms. The van der Waals surface area contributed by atoms with Crippen molar-refractivity contribution in [3.8, 4) is 0 Å². The van der Waals surface area contributed by atoms with Gasteiger partial charge in [0.2, 0.25) is 0 Å². The van der Waals surface area contributed by atoms with Crippen molar-refractivity contribution in [3.05, 3.63) is 89.8 Å². The van der Waals surface area contributed by atoms with Gasteiger partial charge in [-0.25, -0.2) is 4.98 Å². The van der Waals surface area contributed by atoms with E-state index in [9.17, 15) is 4.79 Å². The van der Waals surface area contributed by atoms with Crippen LogP contribution in [0.3, 0.4) is 0 Å². The fourth-order valence-electron chi connectivity index (χ4n) is 4.63. The lowest BCUT2D eigenvalue weighted by Crippen LogP contribution is -2.35. The number of imidazole rings is 1. The molecule has 1 unspecified atom stereocenters. The number of amides is 1. The molecule has 176 valence electrons. The third kappa shape index (κ3) is 5.51. The first-order chi connectivity index (χ1) is 16.3. The second-order valence-electron chi connectivity index (χ2n) is 8.45. The number of fused-ring (bicyclic) bond motifs is 2. The van der Waals surface area contributed by atoms with Gasteiger partial charge in [-0.15, -0.1) is 17.0 Å². The van der Waals surface area contributed by atoms with Gasteiger partial charge < -0.3 is 10.3 Å². The van der Waals surface area contributed by atoms with Crippen LogP contribution in [0.5, 0.6) is 0 Å². The van der Waals surface area contributed by atoms with Crippen molar-refractivity contribution in [2.24, 2.45) is 0 Å². The highest BCUT2D eigenvalue weighted by atomic mass is 79.9. The highest BCUT2D eigenvalue weighted by Crippen LogP contribution is 2.33. The van der Waals surface area contributed by atoms with Crippen LogP contribution in [0.2, 0.25) is 0 Å². The van der Waals surface area contributed by atoms with Crippen molar-refractivity contribution in [2.75, 3.05) is 13.1 Å². The van der Waals surface area contributed by atoms with E-state index in [1.165, 1.54) is 11.3 Å². The number of nitrogens with one attached hydrogen (secondary N) is 2. The normalized spacial score (nSPS) is 15.0. The Labute approximate surface area is 209 Å². The quantitative estimate of drug-likeness (QED) is 0.330. The minimum Gasteiger partial charge on any atom is -0.351 e. The van der Waals surface area contributed by atoms with Gasteiger partial charge in [-0.05, 0) is 61.6 Å². The van der Waals surface area contributed by atoms with E-state index in [2.05, 4.69) is 32.3 Å². The number of hydrogen-bond donors (Lipinski definition) is 2. The van der Waals surface area contributed by atoms with Gasteiger partial charge in [0.1, 0.15) is 11.5 Å². The molecule has 8 heteroatoms. The number of carbonyl (C=O) groups is 1. The smallest absolute Gasteiger partial charge is 0.269 e. The zero-order valence-electron chi connectivity index (χ0n) is 19.0. The van der Waals surface area contributed by atoms with Crippen molar-refractivity contribution in [1.82, 2.24) is 30.2 Å². The third-order valence-electron chi connectivity index (χ3n) is 6.20. The maximum absolute atomic E-state index is 12.3. The van der Waals surface area contributed by atoms with Gasteiger partial charge in [-0.1, -0.05) is 24.3 Å². The molecule has 0 saturated carbocycles. The molecule has 0 radical (unpaired) electrons. The van der Waals surface area contributed by atoms with E-state index in [1.807, 2.05) is 42.6 Å². The molecule has 0 fully saturated rings. The average molecular weight is 521 g/mol. The number of rotatable bonds is 8. The summed E-state index contributed by atoms with van der Waals surface area (Å²) < 4.78 is 0. The predicted octanol–water partition coefficient (Wildman–Crippen LogP) is 4.63. The van der Waals surface area contributed by atoms with Crippen molar-refractivity contribution >= 4 is 33.9 Å². The number of aromatic amines is 1. The Hall–Kier alpha value is -3.10. The molecule has 0 aliphatic heterocycles. The van der Waals surface area contributed by atoms with Gasteiger partial charge in [0.05, 0.1) is 29.3 Å². The molecule has 7 nitrogen and oxygen atoms in total. The Balaban J connectivity index is 0.00000274. The van der Waals surface area contributed by atoms with Crippen LogP contribution >= 0.6 is 17.0 Å². The molecule has 0 bridgehead atoms. The molecule has 4 aromatic rings. The van der Waals surface area contributed by atoms with Crippen LogP contribution in [0.1, 0.15) is 52.9 Å². The van der Waals surface area contributed by atoms with Crippen LogP contribution in [0.4, 0.5) is 0 Å². The Morgan fingerprint density at radius 1 is 1.06 bits per heavy atom. The SMILES string of the molecule is Br.O=C(NCCCN(Cc1nc2ccccc2[nH]1)C1CCCc2cccnc21)c1ccccn1. The van der Waals surface area contributed by atoms with Crippen LogP contribution in [-0.4, -0.2) is 43.8 Å². The van der Waals surface area contributed by atoms with E-state index >= 15 is 0 Å². The summed E-state index contributed by atoms with van der Waals surface area (Å²) in [6.45, 7) is 2.14.